The highest BCUT2D eigenvalue weighted by atomic mass is 32.2. The first-order valence-corrected chi connectivity index (χ1v) is 4.54. The zero-order chi connectivity index (χ0) is 5.98. The Morgan fingerprint density at radius 1 is 1.25 bits per heavy atom. The maximum absolute atomic E-state index is 2.37. The molecule has 2 atom stereocenters. The summed E-state index contributed by atoms with van der Waals surface area (Å²) in [5, 5.41) is 0. The van der Waals surface area contributed by atoms with Crippen molar-refractivity contribution in [3.63, 3.8) is 0 Å². The van der Waals surface area contributed by atoms with E-state index in [0.29, 0.717) is 0 Å². The van der Waals surface area contributed by atoms with Crippen molar-refractivity contribution >= 4 is 11.8 Å². The molecule has 1 aliphatic heterocycles. The minimum Gasteiger partial charge on any atom is -0.162 e. The highest BCUT2D eigenvalue weighted by Gasteiger charge is 2.15. The van der Waals surface area contributed by atoms with Crippen molar-refractivity contribution in [3.8, 4) is 0 Å². The predicted molar refractivity (Wildman–Crippen MR) is 40.3 cm³/mol. The molecule has 1 unspecified atom stereocenters. The lowest BCUT2D eigenvalue weighted by atomic mass is 9.95. The minimum absolute atomic E-state index is 0.966. The van der Waals surface area contributed by atoms with Crippen LogP contribution in [0.2, 0.25) is 0 Å². The topological polar surface area (TPSA) is 0 Å². The zero-order valence-electron chi connectivity index (χ0n) is 5.68. The third-order valence-electron chi connectivity index (χ3n) is 2.07. The van der Waals surface area contributed by atoms with E-state index in [0.717, 1.165) is 11.8 Å². The molecule has 0 spiro atoms. The Hall–Kier alpha value is 0.350. The van der Waals surface area contributed by atoms with Gasteiger partial charge < -0.3 is 0 Å². The fraction of sp³-hybridized carbons (Fsp3) is 1.00. The van der Waals surface area contributed by atoms with Crippen molar-refractivity contribution in [1.82, 2.24) is 0 Å². The van der Waals surface area contributed by atoms with Gasteiger partial charge in [-0.1, -0.05) is 13.8 Å². The van der Waals surface area contributed by atoms with E-state index in [9.17, 15) is 0 Å². The highest BCUT2D eigenvalue weighted by Crippen LogP contribution is 2.27. The molecule has 0 radical (unpaired) electrons. The molecule has 1 fully saturated rings. The van der Waals surface area contributed by atoms with E-state index in [1.54, 1.807) is 0 Å². The molecule has 48 valence electrons. The molecule has 0 N–H and O–H groups in total. The van der Waals surface area contributed by atoms with Crippen LogP contribution < -0.4 is 0 Å². The van der Waals surface area contributed by atoms with Gasteiger partial charge in [0, 0.05) is 0 Å². The number of hydrogen-bond acceptors (Lipinski definition) is 1. The average Bonchev–Trinajstić information content (AvgIpc) is 1.77. The highest BCUT2D eigenvalue weighted by molar-refractivity contribution is 7.99. The molecule has 0 nitrogen and oxygen atoms in total. The second kappa shape index (κ2) is 2.77. The Balaban J connectivity index is 2.28. The van der Waals surface area contributed by atoms with E-state index in [1.807, 2.05) is 0 Å². The van der Waals surface area contributed by atoms with Gasteiger partial charge in [-0.3, -0.25) is 0 Å². The quantitative estimate of drug-likeness (QED) is 0.485. The van der Waals surface area contributed by atoms with Crippen LogP contribution in [-0.4, -0.2) is 11.5 Å². The standard InChI is InChI=1S/C7H14S/c1-6-3-4-8-5-7(6)2/h6-7H,3-5H2,1-2H3/t6-,7?/m1/s1. The normalized spacial score (nSPS) is 39.8. The molecule has 8 heavy (non-hydrogen) atoms. The molecule has 1 heterocycles. The molecule has 0 saturated carbocycles. The molecule has 0 aromatic carbocycles. The molecule has 0 aliphatic carbocycles. The number of rotatable bonds is 0. The fourth-order valence-corrected chi connectivity index (χ4v) is 2.39. The maximum Gasteiger partial charge on any atom is -0.00392 e. The van der Waals surface area contributed by atoms with Gasteiger partial charge in [-0.2, -0.15) is 11.8 Å². The largest absolute Gasteiger partial charge is 0.162 e. The van der Waals surface area contributed by atoms with E-state index in [4.69, 9.17) is 0 Å². The molecule has 0 aromatic heterocycles. The lowest BCUT2D eigenvalue weighted by molar-refractivity contribution is 0.406. The molecule has 0 amide bonds. The predicted octanol–water partition coefficient (Wildman–Crippen LogP) is 2.40. The Labute approximate surface area is 56.0 Å². The first-order chi connectivity index (χ1) is 3.80. The Morgan fingerprint density at radius 3 is 2.38 bits per heavy atom. The molecule has 0 bridgehead atoms. The van der Waals surface area contributed by atoms with Crippen molar-refractivity contribution in [3.05, 3.63) is 0 Å². The minimum atomic E-state index is 0.966. The summed E-state index contributed by atoms with van der Waals surface area (Å²) in [6.45, 7) is 4.72. The molecule has 0 aromatic rings. The third kappa shape index (κ3) is 1.41. The SMILES string of the molecule is CC1CSCC[C@H]1C. The van der Waals surface area contributed by atoms with Crippen LogP contribution in [0, 0.1) is 11.8 Å². The van der Waals surface area contributed by atoms with E-state index < -0.39 is 0 Å². The van der Waals surface area contributed by atoms with Crippen molar-refractivity contribution < 1.29 is 0 Å². The smallest absolute Gasteiger partial charge is 0.00392 e. The maximum atomic E-state index is 2.37. The molecular formula is C7H14S. The second-order valence-corrected chi connectivity index (χ2v) is 3.97. The van der Waals surface area contributed by atoms with Gasteiger partial charge in [0.2, 0.25) is 0 Å². The van der Waals surface area contributed by atoms with Crippen LogP contribution in [0.3, 0.4) is 0 Å². The second-order valence-electron chi connectivity index (χ2n) is 2.82. The van der Waals surface area contributed by atoms with Gasteiger partial charge in [0.25, 0.3) is 0 Å². The van der Waals surface area contributed by atoms with Crippen LogP contribution in [0.4, 0.5) is 0 Å². The van der Waals surface area contributed by atoms with Crippen LogP contribution in [0.25, 0.3) is 0 Å². The van der Waals surface area contributed by atoms with Crippen LogP contribution in [-0.2, 0) is 0 Å². The van der Waals surface area contributed by atoms with Gasteiger partial charge in [-0.25, -0.2) is 0 Å². The Bertz CT molecular complexity index is 60.8. The first kappa shape index (κ1) is 6.47. The Kier molecular flexibility index (Phi) is 2.24. The summed E-state index contributed by atoms with van der Waals surface area (Å²) >= 11 is 2.11. The summed E-state index contributed by atoms with van der Waals surface area (Å²) in [6, 6.07) is 0. The molecular weight excluding hydrogens is 116 g/mol. The number of thioether (sulfide) groups is 1. The average molecular weight is 130 g/mol. The number of hydrogen-bond donors (Lipinski definition) is 0. The van der Waals surface area contributed by atoms with Crippen LogP contribution >= 0.6 is 11.8 Å². The summed E-state index contributed by atoms with van der Waals surface area (Å²) in [7, 11) is 0. The van der Waals surface area contributed by atoms with Gasteiger partial charge in [0.1, 0.15) is 0 Å². The summed E-state index contributed by atoms with van der Waals surface area (Å²) < 4.78 is 0. The lowest BCUT2D eigenvalue weighted by Gasteiger charge is -2.24. The van der Waals surface area contributed by atoms with Gasteiger partial charge in [-0.15, -0.1) is 0 Å². The van der Waals surface area contributed by atoms with Crippen molar-refractivity contribution in [2.75, 3.05) is 11.5 Å². The van der Waals surface area contributed by atoms with Gasteiger partial charge >= 0.3 is 0 Å². The van der Waals surface area contributed by atoms with Gasteiger partial charge in [-0.05, 0) is 29.8 Å². The molecule has 1 saturated heterocycles. The van der Waals surface area contributed by atoms with Gasteiger partial charge in [0.15, 0.2) is 0 Å². The summed E-state index contributed by atoms with van der Waals surface area (Å²) in [5.41, 5.74) is 0. The third-order valence-corrected chi connectivity index (χ3v) is 3.36. The Morgan fingerprint density at radius 2 is 2.00 bits per heavy atom. The summed E-state index contributed by atoms with van der Waals surface area (Å²) in [5.74, 6) is 4.73. The molecule has 1 rings (SSSR count). The van der Waals surface area contributed by atoms with E-state index in [-0.39, 0.29) is 0 Å². The zero-order valence-corrected chi connectivity index (χ0v) is 6.50. The molecule has 1 aliphatic rings. The summed E-state index contributed by atoms with van der Waals surface area (Å²) in [4.78, 5) is 0. The first-order valence-electron chi connectivity index (χ1n) is 3.38. The van der Waals surface area contributed by atoms with E-state index >= 15 is 0 Å². The van der Waals surface area contributed by atoms with Crippen molar-refractivity contribution in [2.24, 2.45) is 11.8 Å². The van der Waals surface area contributed by atoms with Crippen LogP contribution in [0.5, 0.6) is 0 Å². The van der Waals surface area contributed by atoms with Crippen LogP contribution in [0.15, 0.2) is 0 Å². The van der Waals surface area contributed by atoms with Crippen LogP contribution in [0.1, 0.15) is 20.3 Å². The lowest BCUT2D eigenvalue weighted by Crippen LogP contribution is -2.16. The fourth-order valence-electron chi connectivity index (χ4n) is 0.987. The van der Waals surface area contributed by atoms with Crippen molar-refractivity contribution in [1.29, 1.82) is 0 Å². The van der Waals surface area contributed by atoms with E-state index in [1.165, 1.54) is 17.9 Å². The van der Waals surface area contributed by atoms with Crippen molar-refractivity contribution in [2.45, 2.75) is 20.3 Å². The van der Waals surface area contributed by atoms with E-state index in [2.05, 4.69) is 25.6 Å². The summed E-state index contributed by atoms with van der Waals surface area (Å²) in [6.07, 6.45) is 1.44. The molecule has 1 heteroatoms. The van der Waals surface area contributed by atoms with Gasteiger partial charge in [0.05, 0.1) is 0 Å². The monoisotopic (exact) mass is 130 g/mol.